The highest BCUT2D eigenvalue weighted by Gasteiger charge is 2.26. The lowest BCUT2D eigenvalue weighted by molar-refractivity contribution is 0.207. The molecule has 1 aliphatic rings. The Kier molecular flexibility index (Phi) is 5.74. The van der Waals surface area contributed by atoms with E-state index in [1.54, 1.807) is 11.8 Å². The molecule has 3 heteroatoms. The van der Waals surface area contributed by atoms with Gasteiger partial charge in [-0.05, 0) is 45.2 Å². The number of nitrogens with zero attached hydrogens (tertiary/aromatic N) is 1. The first-order chi connectivity index (χ1) is 9.16. The minimum absolute atomic E-state index is 0.0465. The molecule has 1 saturated heterocycles. The Morgan fingerprint density at radius 2 is 1.84 bits per heavy atom. The van der Waals surface area contributed by atoms with Gasteiger partial charge in [-0.1, -0.05) is 18.2 Å². The molecule has 2 rings (SSSR count). The van der Waals surface area contributed by atoms with E-state index >= 15 is 0 Å². The van der Waals surface area contributed by atoms with Gasteiger partial charge in [0.25, 0.3) is 0 Å². The van der Waals surface area contributed by atoms with Crippen LogP contribution in [0.3, 0.4) is 0 Å². The van der Waals surface area contributed by atoms with Crippen LogP contribution in [0.5, 0.6) is 0 Å². The Bertz CT molecular complexity index is 358. The van der Waals surface area contributed by atoms with Crippen molar-refractivity contribution in [1.29, 1.82) is 0 Å². The van der Waals surface area contributed by atoms with Crippen molar-refractivity contribution >= 4 is 11.8 Å². The summed E-state index contributed by atoms with van der Waals surface area (Å²) in [5, 5.41) is 0. The van der Waals surface area contributed by atoms with Gasteiger partial charge in [0.05, 0.1) is 0 Å². The Labute approximate surface area is 121 Å². The monoisotopic (exact) mass is 277 g/mol. The average Bonchev–Trinajstić information content (AvgIpc) is 2.75. The lowest BCUT2D eigenvalue weighted by atomic mass is 10.2. The number of nitrogens with one attached hydrogen (secondary N) is 1. The van der Waals surface area contributed by atoms with Crippen molar-refractivity contribution in [2.75, 3.05) is 12.3 Å². The zero-order valence-electron chi connectivity index (χ0n) is 12.0. The summed E-state index contributed by atoms with van der Waals surface area (Å²) in [7, 11) is 0. The van der Waals surface area contributed by atoms with Crippen LogP contribution in [0, 0.1) is 0 Å². The normalized spacial score (nSPS) is 25.6. The van der Waals surface area contributed by atoms with Crippen molar-refractivity contribution in [3.63, 3.8) is 0 Å². The molecule has 1 fully saturated rings. The summed E-state index contributed by atoms with van der Waals surface area (Å²) in [5.74, 6) is 0.903. The molecule has 0 spiro atoms. The summed E-state index contributed by atoms with van der Waals surface area (Å²) in [5.41, 5.74) is 8.17. The minimum Gasteiger partial charge on any atom is -0.298 e. The quantitative estimate of drug-likeness (QED) is 0.741. The molecule has 3 atom stereocenters. The third-order valence-electron chi connectivity index (χ3n) is 4.06. The molecule has 0 saturated carbocycles. The number of hydrogen-bond donors (Lipinski definition) is 0. The van der Waals surface area contributed by atoms with E-state index in [1.807, 2.05) is 6.07 Å². The van der Waals surface area contributed by atoms with E-state index in [-0.39, 0.29) is 6.04 Å². The number of benzene rings is 1. The summed E-state index contributed by atoms with van der Waals surface area (Å²) in [6.07, 6.45) is 3.64. The van der Waals surface area contributed by atoms with Crippen LogP contribution in [0.15, 0.2) is 35.2 Å². The Morgan fingerprint density at radius 3 is 2.47 bits per heavy atom. The van der Waals surface area contributed by atoms with Crippen LogP contribution < -0.4 is 5.73 Å². The fourth-order valence-electron chi connectivity index (χ4n) is 2.79. The number of thioether (sulfide) groups is 1. The van der Waals surface area contributed by atoms with Crippen molar-refractivity contribution in [1.82, 2.24) is 10.6 Å². The van der Waals surface area contributed by atoms with Gasteiger partial charge in [-0.25, -0.2) is 0 Å². The van der Waals surface area contributed by atoms with Crippen LogP contribution in [-0.2, 0) is 0 Å². The van der Waals surface area contributed by atoms with Gasteiger partial charge < -0.3 is 0 Å². The van der Waals surface area contributed by atoms with Gasteiger partial charge in [0.1, 0.15) is 0 Å². The summed E-state index contributed by atoms with van der Waals surface area (Å²) < 4.78 is 0. The third-order valence-corrected chi connectivity index (χ3v) is 5.24. The second kappa shape index (κ2) is 7.32. The van der Waals surface area contributed by atoms with Crippen molar-refractivity contribution in [2.24, 2.45) is 0 Å². The number of hydrogen-bond acceptors (Lipinski definition) is 2. The van der Waals surface area contributed by atoms with Crippen molar-refractivity contribution in [2.45, 2.75) is 56.1 Å². The van der Waals surface area contributed by atoms with Gasteiger partial charge in [0, 0.05) is 35.3 Å². The van der Waals surface area contributed by atoms with Crippen LogP contribution in [-0.4, -0.2) is 35.3 Å². The fourth-order valence-corrected chi connectivity index (χ4v) is 3.70. The molecule has 0 aromatic heterocycles. The molecular formula is C16H25N2S. The van der Waals surface area contributed by atoms with E-state index in [4.69, 9.17) is 5.73 Å². The fraction of sp³-hybridized carbons (Fsp3) is 0.625. The maximum atomic E-state index is 8.17. The van der Waals surface area contributed by atoms with E-state index in [9.17, 15) is 0 Å². The van der Waals surface area contributed by atoms with Gasteiger partial charge >= 0.3 is 0 Å². The molecule has 2 unspecified atom stereocenters. The number of likely N-dealkylation sites (tertiary alicyclic amines) is 1. The molecular weight excluding hydrogens is 252 g/mol. The van der Waals surface area contributed by atoms with E-state index in [1.165, 1.54) is 17.7 Å². The van der Waals surface area contributed by atoms with E-state index in [2.05, 4.69) is 43.0 Å². The van der Waals surface area contributed by atoms with Crippen molar-refractivity contribution in [3.05, 3.63) is 30.3 Å². The molecule has 1 aliphatic heterocycles. The van der Waals surface area contributed by atoms with Crippen molar-refractivity contribution in [3.8, 4) is 0 Å². The smallest absolute Gasteiger partial charge is 0.0319 e. The average molecular weight is 277 g/mol. The Morgan fingerprint density at radius 1 is 1.21 bits per heavy atom. The summed E-state index contributed by atoms with van der Waals surface area (Å²) in [6, 6.07) is 11.9. The maximum absolute atomic E-state index is 8.17. The highest BCUT2D eigenvalue weighted by atomic mass is 32.2. The molecule has 2 nitrogen and oxygen atoms in total. The first kappa shape index (κ1) is 14.9. The Hall–Kier alpha value is -0.510. The molecule has 1 N–H and O–H groups in total. The first-order valence-corrected chi connectivity index (χ1v) is 8.30. The predicted octanol–water partition coefficient (Wildman–Crippen LogP) is 3.69. The van der Waals surface area contributed by atoms with Crippen LogP contribution in [0.1, 0.15) is 33.1 Å². The topological polar surface area (TPSA) is 27.0 Å². The molecule has 1 heterocycles. The van der Waals surface area contributed by atoms with Gasteiger partial charge in [-0.15, -0.1) is 11.8 Å². The summed E-state index contributed by atoms with van der Waals surface area (Å²) in [4.78, 5) is 3.86. The van der Waals surface area contributed by atoms with Gasteiger partial charge in [0.2, 0.25) is 0 Å². The highest BCUT2D eigenvalue weighted by Crippen LogP contribution is 2.24. The van der Waals surface area contributed by atoms with Gasteiger partial charge in [-0.3, -0.25) is 10.6 Å². The number of rotatable bonds is 6. The van der Waals surface area contributed by atoms with Crippen LogP contribution in [0.25, 0.3) is 0 Å². The molecule has 1 radical (unpaired) electrons. The zero-order chi connectivity index (χ0) is 13.7. The van der Waals surface area contributed by atoms with Crippen LogP contribution in [0.2, 0.25) is 0 Å². The molecule has 0 amide bonds. The van der Waals surface area contributed by atoms with Gasteiger partial charge in [0.15, 0.2) is 0 Å². The zero-order valence-corrected chi connectivity index (χ0v) is 12.8. The molecule has 1 aromatic carbocycles. The SMILES string of the molecule is CC1CCC(C)N1CC[C@@H]([NH])CSc1ccccc1. The molecule has 0 bridgehead atoms. The Balaban J connectivity index is 1.68. The molecule has 0 aliphatic carbocycles. The molecule has 1 aromatic rings. The molecule has 105 valence electrons. The first-order valence-electron chi connectivity index (χ1n) is 7.31. The summed E-state index contributed by atoms with van der Waals surface area (Å²) in [6.45, 7) is 5.73. The second-order valence-electron chi connectivity index (χ2n) is 5.62. The van der Waals surface area contributed by atoms with Crippen molar-refractivity contribution < 1.29 is 0 Å². The maximum Gasteiger partial charge on any atom is 0.0319 e. The summed E-state index contributed by atoms with van der Waals surface area (Å²) >= 11 is 1.81. The highest BCUT2D eigenvalue weighted by molar-refractivity contribution is 7.99. The molecule has 19 heavy (non-hydrogen) atoms. The third kappa shape index (κ3) is 4.51. The standard InChI is InChI=1S/C16H25N2S/c1-13-8-9-14(2)18(13)11-10-15(17)12-19-16-6-4-3-5-7-16/h3-7,13-15,17H,8-12H2,1-2H3/t13?,14?,15-/m1/s1. The van der Waals surface area contributed by atoms with Gasteiger partial charge in [-0.2, -0.15) is 0 Å². The lowest BCUT2D eigenvalue weighted by Crippen LogP contribution is -2.35. The van der Waals surface area contributed by atoms with E-state index in [0.717, 1.165) is 18.7 Å². The van der Waals surface area contributed by atoms with Crippen LogP contribution in [0.4, 0.5) is 0 Å². The van der Waals surface area contributed by atoms with Crippen LogP contribution >= 0.6 is 11.8 Å². The largest absolute Gasteiger partial charge is 0.298 e. The second-order valence-corrected chi connectivity index (χ2v) is 6.72. The minimum atomic E-state index is 0.0465. The predicted molar refractivity (Wildman–Crippen MR) is 83.5 cm³/mol. The lowest BCUT2D eigenvalue weighted by Gasteiger charge is -2.26. The van der Waals surface area contributed by atoms with E-state index < -0.39 is 0 Å². The van der Waals surface area contributed by atoms with E-state index in [0.29, 0.717) is 12.1 Å².